The predicted molar refractivity (Wildman–Crippen MR) is 111 cm³/mol. The number of nitro benzene ring substituents is 1. The van der Waals surface area contributed by atoms with Gasteiger partial charge in [0.05, 0.1) is 16.0 Å². The molecule has 0 aliphatic rings. The fraction of sp³-hybridized carbons (Fsp3) is 0. The second-order valence-electron chi connectivity index (χ2n) is 6.26. The number of thiazole rings is 1. The molecule has 0 unspecified atom stereocenters. The summed E-state index contributed by atoms with van der Waals surface area (Å²) in [5.74, 6) is 0.902. The minimum atomic E-state index is -0.544. The zero-order valence-corrected chi connectivity index (χ0v) is 16.1. The Morgan fingerprint density at radius 2 is 2.00 bits per heavy atom. The Bertz CT molecular complexity index is 1530. The maximum absolute atomic E-state index is 12.8. The molecule has 0 spiro atoms. The SMILES string of the molecule is O=c1c(=Cc2ccc(-c3ccc(Cl)c([N+](=O)[O-])c3)o2)sc2nc3ccccc3n12. The number of hydrogen-bond acceptors (Lipinski definition) is 6. The first-order chi connectivity index (χ1) is 14.0. The molecule has 3 aromatic heterocycles. The van der Waals surface area contributed by atoms with E-state index in [0.29, 0.717) is 26.6 Å². The van der Waals surface area contributed by atoms with E-state index in [2.05, 4.69) is 4.98 Å². The van der Waals surface area contributed by atoms with Crippen LogP contribution in [0.4, 0.5) is 5.69 Å². The Labute approximate surface area is 171 Å². The van der Waals surface area contributed by atoms with Crippen molar-refractivity contribution < 1.29 is 9.34 Å². The quantitative estimate of drug-likeness (QED) is 0.319. The summed E-state index contributed by atoms with van der Waals surface area (Å²) in [4.78, 5) is 28.4. The second kappa shape index (κ2) is 6.54. The van der Waals surface area contributed by atoms with Crippen molar-refractivity contribution in [2.75, 3.05) is 0 Å². The highest BCUT2D eigenvalue weighted by molar-refractivity contribution is 7.15. The summed E-state index contributed by atoms with van der Waals surface area (Å²) in [6.45, 7) is 0. The fourth-order valence-electron chi connectivity index (χ4n) is 3.13. The largest absolute Gasteiger partial charge is 0.457 e. The number of para-hydroxylation sites is 2. The number of rotatable bonds is 3. The number of benzene rings is 2. The van der Waals surface area contributed by atoms with Gasteiger partial charge in [-0.3, -0.25) is 14.9 Å². The van der Waals surface area contributed by atoms with Crippen LogP contribution in [0, 0.1) is 10.1 Å². The molecule has 3 heterocycles. The summed E-state index contributed by atoms with van der Waals surface area (Å²) >= 11 is 7.13. The lowest BCUT2D eigenvalue weighted by atomic mass is 10.1. The van der Waals surface area contributed by atoms with E-state index < -0.39 is 4.92 Å². The van der Waals surface area contributed by atoms with E-state index in [1.54, 1.807) is 28.7 Å². The molecule has 0 bridgehead atoms. The van der Waals surface area contributed by atoms with Crippen molar-refractivity contribution in [3.63, 3.8) is 0 Å². The van der Waals surface area contributed by atoms with Crippen LogP contribution in [-0.4, -0.2) is 14.3 Å². The Kier molecular flexibility index (Phi) is 3.97. The minimum Gasteiger partial charge on any atom is -0.457 e. The van der Waals surface area contributed by atoms with Gasteiger partial charge in [-0.1, -0.05) is 35.1 Å². The molecule has 5 rings (SSSR count). The van der Waals surface area contributed by atoms with Crippen LogP contribution in [-0.2, 0) is 0 Å². The molecule has 0 radical (unpaired) electrons. The van der Waals surface area contributed by atoms with E-state index in [1.165, 1.54) is 23.5 Å². The monoisotopic (exact) mass is 423 g/mol. The van der Waals surface area contributed by atoms with Crippen LogP contribution in [0.5, 0.6) is 0 Å². The molecule has 0 aliphatic heterocycles. The summed E-state index contributed by atoms with van der Waals surface area (Å²) in [5.41, 5.74) is 1.69. The topological polar surface area (TPSA) is 90.6 Å². The fourth-order valence-corrected chi connectivity index (χ4v) is 4.29. The zero-order chi connectivity index (χ0) is 20.1. The average molecular weight is 424 g/mol. The maximum atomic E-state index is 12.8. The molecule has 0 N–H and O–H groups in total. The smallest absolute Gasteiger partial charge is 0.288 e. The summed E-state index contributed by atoms with van der Waals surface area (Å²) in [6.07, 6.45) is 1.64. The van der Waals surface area contributed by atoms with Crippen molar-refractivity contribution in [3.05, 3.63) is 90.4 Å². The van der Waals surface area contributed by atoms with Gasteiger partial charge in [0.15, 0.2) is 4.96 Å². The number of aromatic nitrogens is 2. The summed E-state index contributed by atoms with van der Waals surface area (Å²) in [5, 5.41) is 11.1. The molecule has 0 saturated heterocycles. The number of furan rings is 1. The molecule has 9 heteroatoms. The van der Waals surface area contributed by atoms with Gasteiger partial charge in [0, 0.05) is 17.7 Å². The van der Waals surface area contributed by atoms with Crippen LogP contribution in [0.1, 0.15) is 5.76 Å². The van der Waals surface area contributed by atoms with E-state index in [1.807, 2.05) is 24.3 Å². The van der Waals surface area contributed by atoms with Crippen LogP contribution in [0.2, 0.25) is 5.02 Å². The van der Waals surface area contributed by atoms with Crippen LogP contribution < -0.4 is 10.1 Å². The second-order valence-corrected chi connectivity index (χ2v) is 7.68. The highest BCUT2D eigenvalue weighted by atomic mass is 35.5. The third-order valence-electron chi connectivity index (χ3n) is 4.47. The molecule has 2 aromatic carbocycles. The van der Waals surface area contributed by atoms with Gasteiger partial charge in [-0.2, -0.15) is 0 Å². The van der Waals surface area contributed by atoms with Crippen LogP contribution in [0.25, 0.3) is 33.4 Å². The van der Waals surface area contributed by atoms with Crippen LogP contribution >= 0.6 is 22.9 Å². The van der Waals surface area contributed by atoms with Crippen molar-refractivity contribution in [2.24, 2.45) is 0 Å². The molecule has 0 aliphatic carbocycles. The summed E-state index contributed by atoms with van der Waals surface area (Å²) < 4.78 is 7.85. The maximum Gasteiger partial charge on any atom is 0.288 e. The average Bonchev–Trinajstić information content (AvgIpc) is 3.38. The van der Waals surface area contributed by atoms with Crippen molar-refractivity contribution in [1.82, 2.24) is 9.38 Å². The Morgan fingerprint density at radius 3 is 2.83 bits per heavy atom. The van der Waals surface area contributed by atoms with E-state index in [4.69, 9.17) is 16.0 Å². The third kappa shape index (κ3) is 2.89. The molecule has 0 atom stereocenters. The first-order valence-corrected chi connectivity index (χ1v) is 9.66. The predicted octanol–water partition coefficient (Wildman–Crippen LogP) is 4.28. The minimum absolute atomic E-state index is 0.0576. The number of nitro groups is 1. The molecule has 0 amide bonds. The number of imidazole rings is 1. The number of hydrogen-bond donors (Lipinski definition) is 0. The first kappa shape index (κ1) is 17.6. The van der Waals surface area contributed by atoms with Crippen molar-refractivity contribution in [2.45, 2.75) is 0 Å². The molecule has 0 fully saturated rings. The van der Waals surface area contributed by atoms with Gasteiger partial charge >= 0.3 is 0 Å². The van der Waals surface area contributed by atoms with Gasteiger partial charge in [0.1, 0.15) is 21.1 Å². The van der Waals surface area contributed by atoms with Crippen molar-refractivity contribution >= 4 is 50.7 Å². The van der Waals surface area contributed by atoms with E-state index in [0.717, 1.165) is 11.0 Å². The molecule has 29 heavy (non-hydrogen) atoms. The highest BCUT2D eigenvalue weighted by Gasteiger charge is 2.15. The van der Waals surface area contributed by atoms with Gasteiger partial charge in [-0.15, -0.1) is 0 Å². The lowest BCUT2D eigenvalue weighted by molar-refractivity contribution is -0.384. The normalized spacial score (nSPS) is 12.2. The Hall–Kier alpha value is -3.49. The lowest BCUT2D eigenvalue weighted by Gasteiger charge is -1.99. The van der Waals surface area contributed by atoms with Gasteiger partial charge in [-0.05, 0) is 36.4 Å². The van der Waals surface area contributed by atoms with Gasteiger partial charge < -0.3 is 4.42 Å². The molecular formula is C20H10ClN3O4S. The standard InChI is InChI=1S/C20H10ClN3O4S/c21-13-7-5-11(9-16(13)24(26)27)17-8-6-12(28-17)10-18-19(25)23-15-4-2-1-3-14(15)22-20(23)29-18/h1-10H. The number of nitrogens with zero attached hydrogens (tertiary/aromatic N) is 3. The Balaban J connectivity index is 1.59. The Morgan fingerprint density at radius 1 is 1.17 bits per heavy atom. The zero-order valence-electron chi connectivity index (χ0n) is 14.5. The molecule has 0 saturated carbocycles. The van der Waals surface area contributed by atoms with Crippen LogP contribution in [0.3, 0.4) is 0 Å². The van der Waals surface area contributed by atoms with E-state index in [9.17, 15) is 14.9 Å². The number of fused-ring (bicyclic) bond motifs is 3. The molecular weight excluding hydrogens is 414 g/mol. The first-order valence-electron chi connectivity index (χ1n) is 8.47. The van der Waals surface area contributed by atoms with Gasteiger partial charge in [0.2, 0.25) is 0 Å². The third-order valence-corrected chi connectivity index (χ3v) is 5.76. The van der Waals surface area contributed by atoms with Gasteiger partial charge in [0.25, 0.3) is 11.2 Å². The van der Waals surface area contributed by atoms with Gasteiger partial charge in [-0.25, -0.2) is 9.38 Å². The summed E-state index contributed by atoms with van der Waals surface area (Å²) in [7, 11) is 0. The molecule has 142 valence electrons. The van der Waals surface area contributed by atoms with Crippen molar-refractivity contribution in [3.8, 4) is 11.3 Å². The lowest BCUT2D eigenvalue weighted by Crippen LogP contribution is -2.22. The molecule has 5 aromatic rings. The van der Waals surface area contributed by atoms with E-state index in [-0.39, 0.29) is 16.3 Å². The van der Waals surface area contributed by atoms with Crippen molar-refractivity contribution in [1.29, 1.82) is 0 Å². The van der Waals surface area contributed by atoms with Crippen LogP contribution in [0.15, 0.2) is 63.8 Å². The highest BCUT2D eigenvalue weighted by Crippen LogP contribution is 2.31. The van der Waals surface area contributed by atoms with E-state index >= 15 is 0 Å². The number of halogens is 1. The molecule has 7 nitrogen and oxygen atoms in total. The summed E-state index contributed by atoms with van der Waals surface area (Å²) in [6, 6.07) is 15.3.